The summed E-state index contributed by atoms with van der Waals surface area (Å²) in [7, 11) is -1.99. The van der Waals surface area contributed by atoms with Crippen molar-refractivity contribution in [2.24, 2.45) is 0 Å². The third-order valence-electron chi connectivity index (χ3n) is 8.43. The number of carboxylic acid groups (broad SMARTS) is 1. The third kappa shape index (κ3) is 7.90. The number of piperazine rings is 1. The van der Waals surface area contributed by atoms with E-state index in [2.05, 4.69) is 16.0 Å². The molecule has 0 aliphatic carbocycles. The first-order valence-electron chi connectivity index (χ1n) is 15.8. The maximum atomic E-state index is 14.6. The minimum atomic E-state index is -2.09. The van der Waals surface area contributed by atoms with Crippen molar-refractivity contribution in [3.63, 3.8) is 0 Å². The van der Waals surface area contributed by atoms with Crippen LogP contribution >= 0.6 is 11.6 Å². The normalized spacial score (nSPS) is 15.9. The van der Waals surface area contributed by atoms with Crippen LogP contribution in [0.4, 0.5) is 18.0 Å². The second-order valence-electron chi connectivity index (χ2n) is 11.9. The molecule has 1 fully saturated rings. The molecule has 1 unspecified atom stereocenters. The number of phenols is 3. The fraction of sp³-hybridized carbons (Fsp3) is 0.250. The molecule has 0 bridgehead atoms. The first-order valence-corrected chi connectivity index (χ1v) is 16.2. The first-order chi connectivity index (χ1) is 25.5. The average Bonchev–Trinajstić information content (AvgIpc) is 3.11. The summed E-state index contributed by atoms with van der Waals surface area (Å²) in [5.41, 5.74) is -1.82. The van der Waals surface area contributed by atoms with Gasteiger partial charge in [0.2, 0.25) is 5.91 Å². The molecule has 0 saturated carbocycles. The summed E-state index contributed by atoms with van der Waals surface area (Å²) in [6.45, 7) is -0.776. The number of carboxylic acids is 1. The highest BCUT2D eigenvalue weighted by Crippen LogP contribution is 2.40. The lowest BCUT2D eigenvalue weighted by molar-refractivity contribution is -0.153. The van der Waals surface area contributed by atoms with Gasteiger partial charge in [-0.2, -0.15) is 0 Å². The van der Waals surface area contributed by atoms with Crippen molar-refractivity contribution in [2.75, 3.05) is 26.2 Å². The second kappa shape index (κ2) is 15.8. The summed E-state index contributed by atoms with van der Waals surface area (Å²) < 4.78 is 47.9. The quantitative estimate of drug-likeness (QED) is 0.0620. The summed E-state index contributed by atoms with van der Waals surface area (Å²) in [6.07, 6.45) is -0.250. The van der Waals surface area contributed by atoms with E-state index in [0.717, 1.165) is 35.2 Å². The number of hydrogen-bond acceptors (Lipinski definition) is 11. The van der Waals surface area contributed by atoms with Gasteiger partial charge in [0.25, 0.3) is 5.91 Å². The van der Waals surface area contributed by atoms with E-state index in [-0.39, 0.29) is 49.4 Å². The van der Waals surface area contributed by atoms with Gasteiger partial charge in [0.15, 0.2) is 17.3 Å². The zero-order valence-corrected chi connectivity index (χ0v) is 28.2. The number of urea groups is 1. The van der Waals surface area contributed by atoms with Gasteiger partial charge in [-0.1, -0.05) is 17.7 Å². The first kappa shape index (κ1) is 39.0. The van der Waals surface area contributed by atoms with E-state index in [1.807, 2.05) is 0 Å². The third-order valence-corrected chi connectivity index (χ3v) is 8.83. The number of imide groups is 1. The highest BCUT2D eigenvalue weighted by Gasteiger charge is 2.42. The molecule has 1 saturated heterocycles. The van der Waals surface area contributed by atoms with Crippen LogP contribution in [-0.2, 0) is 20.8 Å². The molecule has 0 spiro atoms. The molecule has 0 aromatic heterocycles. The molecular weight excluding hydrogens is 750 g/mol. The van der Waals surface area contributed by atoms with Crippen molar-refractivity contribution in [3.05, 3.63) is 81.1 Å². The van der Waals surface area contributed by atoms with Crippen molar-refractivity contribution < 1.29 is 72.0 Å². The van der Waals surface area contributed by atoms with E-state index in [4.69, 9.17) is 16.3 Å². The Balaban J connectivity index is 1.28. The number of nitrogens with zero attached hydrogens (tertiary/aromatic N) is 2. The molecular formula is C32H28BClF3N5O12. The number of fused-ring (bicyclic) bond motifs is 1. The van der Waals surface area contributed by atoms with Crippen LogP contribution in [0.15, 0.2) is 36.4 Å². The lowest BCUT2D eigenvalue weighted by Gasteiger charge is -2.34. The van der Waals surface area contributed by atoms with Gasteiger partial charge in [-0.05, 0) is 42.7 Å². The molecule has 2 aliphatic rings. The predicted octanol–water partition coefficient (Wildman–Crippen LogP) is 0.954. The number of carbonyl (C=O) groups excluding carboxylic acids is 5. The monoisotopic (exact) mass is 777 g/mol. The van der Waals surface area contributed by atoms with Crippen LogP contribution in [-0.4, -0.2) is 110 Å². The van der Waals surface area contributed by atoms with Crippen LogP contribution in [0.3, 0.4) is 0 Å². The summed E-state index contributed by atoms with van der Waals surface area (Å²) in [5.74, 6) is -14.7. The molecule has 17 nitrogen and oxygen atoms in total. The second-order valence-corrected chi connectivity index (χ2v) is 12.3. The molecule has 2 heterocycles. The minimum Gasteiger partial charge on any atom is -0.534 e. The Bertz CT molecular complexity index is 2080. The highest BCUT2D eigenvalue weighted by atomic mass is 35.5. The molecule has 3 aromatic rings. The van der Waals surface area contributed by atoms with Crippen LogP contribution < -0.4 is 20.6 Å². The number of amides is 6. The van der Waals surface area contributed by atoms with Crippen molar-refractivity contribution in [1.29, 1.82) is 0 Å². The molecule has 6 amide bonds. The number of carbonyl (C=O) groups is 6. The maximum absolute atomic E-state index is 14.6. The van der Waals surface area contributed by atoms with Crippen molar-refractivity contribution in [2.45, 2.75) is 24.8 Å². The van der Waals surface area contributed by atoms with Gasteiger partial charge >= 0.3 is 30.9 Å². The van der Waals surface area contributed by atoms with Crippen LogP contribution in [0.25, 0.3) is 0 Å². The summed E-state index contributed by atoms with van der Waals surface area (Å²) >= 11 is 6.11. The fourth-order valence-corrected chi connectivity index (χ4v) is 5.93. The van der Waals surface area contributed by atoms with E-state index < -0.39 is 112 Å². The number of phenolic OH excluding ortho intramolecular Hbond substituents is 3. The van der Waals surface area contributed by atoms with E-state index >= 15 is 0 Å². The number of nitrogens with one attached hydrogen (secondary N) is 3. The Hall–Kier alpha value is -6.22. The van der Waals surface area contributed by atoms with Gasteiger partial charge in [-0.3, -0.25) is 24.1 Å². The van der Waals surface area contributed by atoms with E-state index in [1.165, 1.54) is 0 Å². The molecule has 22 heteroatoms. The summed E-state index contributed by atoms with van der Waals surface area (Å²) in [5, 5.41) is 55.3. The van der Waals surface area contributed by atoms with Gasteiger partial charge in [0.1, 0.15) is 34.7 Å². The predicted molar refractivity (Wildman–Crippen MR) is 177 cm³/mol. The SMILES string of the molecule is O=C(NCCCN1CCN(C(=O)NC(C(=O)N[C@H]2Cc3ccc(F)c(C(=O)O)c3OB2O)c2cc(F)c(O)c(O)c2Cl)C(=O)C1=O)c1ccc(O)cc1F. The standard InChI is InChI=1S/C32H28BClF3N5O12/c34-22-16(12-19(37)24(44)25(22)45)23(28(47)39-20-10-13-2-5-17(35)21(31(50)51)26(13)54-33(20)53)40-32(52)42-9-8-41(29(48)30(42)49)7-1-6-38-27(46)15-4-3-14(43)11-18(15)36/h2-5,11-12,20,23,43-45,53H,1,6-10H2,(H,38,46)(H,39,47)(H,40,52)(H,50,51)/t20-,23?/m0/s1. The number of hydrogen-bond donors (Lipinski definition) is 8. The Morgan fingerprint density at radius 2 is 1.69 bits per heavy atom. The lowest BCUT2D eigenvalue weighted by Crippen LogP contribution is -2.60. The molecule has 3 aromatic carbocycles. The lowest BCUT2D eigenvalue weighted by atomic mass is 9.72. The average molecular weight is 778 g/mol. The Labute approximate surface area is 307 Å². The molecule has 284 valence electrons. The van der Waals surface area contributed by atoms with Gasteiger partial charge < -0.3 is 51.0 Å². The fourth-order valence-electron chi connectivity index (χ4n) is 5.68. The molecule has 5 rings (SSSR count). The Kier molecular flexibility index (Phi) is 11.4. The largest absolute Gasteiger partial charge is 0.547 e. The number of rotatable bonds is 10. The van der Waals surface area contributed by atoms with Crippen LogP contribution in [0.1, 0.15) is 44.3 Å². The Morgan fingerprint density at radius 3 is 2.37 bits per heavy atom. The number of benzene rings is 3. The van der Waals surface area contributed by atoms with Crippen LogP contribution in [0, 0.1) is 17.5 Å². The molecule has 54 heavy (non-hydrogen) atoms. The molecule has 8 N–H and O–H groups in total. The zero-order valence-electron chi connectivity index (χ0n) is 27.4. The summed E-state index contributed by atoms with van der Waals surface area (Å²) in [6, 6.07) is 1.94. The smallest absolute Gasteiger partial charge is 0.534 e. The maximum Gasteiger partial charge on any atom is 0.547 e. The zero-order chi connectivity index (χ0) is 39.6. The number of aromatic carboxylic acids is 1. The van der Waals surface area contributed by atoms with E-state index in [1.54, 1.807) is 0 Å². The number of aromatic hydroxyl groups is 3. The summed E-state index contributed by atoms with van der Waals surface area (Å²) in [4.78, 5) is 78.3. The van der Waals surface area contributed by atoms with Crippen molar-refractivity contribution in [3.8, 4) is 23.0 Å². The Morgan fingerprint density at radius 1 is 0.963 bits per heavy atom. The van der Waals surface area contributed by atoms with Crippen molar-refractivity contribution >= 4 is 54.3 Å². The van der Waals surface area contributed by atoms with Crippen LogP contribution in [0.5, 0.6) is 23.0 Å². The van der Waals surface area contributed by atoms with Crippen molar-refractivity contribution in [1.82, 2.24) is 25.8 Å². The van der Waals surface area contributed by atoms with Gasteiger partial charge in [0.05, 0.1) is 16.5 Å². The highest BCUT2D eigenvalue weighted by molar-refractivity contribution is 6.47. The van der Waals surface area contributed by atoms with Gasteiger partial charge in [-0.25, -0.2) is 22.8 Å². The minimum absolute atomic E-state index is 0.0481. The molecule has 0 radical (unpaired) electrons. The molecule has 2 atom stereocenters. The van der Waals surface area contributed by atoms with E-state index in [0.29, 0.717) is 11.0 Å². The van der Waals surface area contributed by atoms with Crippen LogP contribution in [0.2, 0.25) is 5.02 Å². The molecule has 2 aliphatic heterocycles. The van der Waals surface area contributed by atoms with Gasteiger partial charge in [-0.15, -0.1) is 0 Å². The number of halogens is 4. The van der Waals surface area contributed by atoms with E-state index in [9.17, 15) is 67.4 Å². The topological polar surface area (TPSA) is 255 Å². The van der Waals surface area contributed by atoms with Gasteiger partial charge in [0, 0.05) is 37.8 Å².